The Labute approximate surface area is 114 Å². The van der Waals surface area contributed by atoms with Crippen molar-refractivity contribution in [2.24, 2.45) is 0 Å². The Morgan fingerprint density at radius 1 is 1.37 bits per heavy atom. The van der Waals surface area contributed by atoms with Gasteiger partial charge in [-0.2, -0.15) is 0 Å². The van der Waals surface area contributed by atoms with Crippen LogP contribution in [0.5, 0.6) is 0 Å². The van der Waals surface area contributed by atoms with Crippen LogP contribution >= 0.6 is 0 Å². The van der Waals surface area contributed by atoms with Crippen molar-refractivity contribution in [1.82, 2.24) is 10.2 Å². The van der Waals surface area contributed by atoms with Crippen molar-refractivity contribution in [3.8, 4) is 0 Å². The highest BCUT2D eigenvalue weighted by Gasteiger charge is 2.15. The third kappa shape index (κ3) is 4.75. The number of hydrogen-bond acceptors (Lipinski definition) is 2. The van der Waals surface area contributed by atoms with Gasteiger partial charge < -0.3 is 15.3 Å². The fraction of sp³-hybridized carbons (Fsp3) is 0.400. The van der Waals surface area contributed by atoms with Crippen molar-refractivity contribution in [3.63, 3.8) is 0 Å². The number of nitrogens with zero attached hydrogens (tertiary/aromatic N) is 1. The van der Waals surface area contributed by atoms with Gasteiger partial charge in [-0.25, -0.2) is 4.79 Å². The zero-order valence-electron chi connectivity index (χ0n) is 11.8. The van der Waals surface area contributed by atoms with Crippen molar-refractivity contribution >= 4 is 6.03 Å². The molecule has 0 radical (unpaired) electrons. The van der Waals surface area contributed by atoms with E-state index in [0.29, 0.717) is 6.42 Å². The topological polar surface area (TPSA) is 52.6 Å². The minimum atomic E-state index is -0.590. The van der Waals surface area contributed by atoms with Crippen molar-refractivity contribution in [2.45, 2.75) is 25.5 Å². The maximum absolute atomic E-state index is 11.5. The third-order valence-electron chi connectivity index (χ3n) is 3.00. The van der Waals surface area contributed by atoms with Crippen LogP contribution in [0.25, 0.3) is 0 Å². The number of nitrogens with one attached hydrogen (secondary N) is 1. The number of rotatable bonds is 5. The molecule has 0 fully saturated rings. The highest BCUT2D eigenvalue weighted by atomic mass is 16.3. The summed E-state index contributed by atoms with van der Waals surface area (Å²) in [7, 11) is 3.37. The summed E-state index contributed by atoms with van der Waals surface area (Å²) in [5, 5.41) is 12.9. The van der Waals surface area contributed by atoms with E-state index in [-0.39, 0.29) is 12.1 Å². The summed E-state index contributed by atoms with van der Waals surface area (Å²) >= 11 is 0. The first-order chi connectivity index (χ1) is 8.91. The molecule has 104 valence electrons. The Morgan fingerprint density at radius 2 is 1.95 bits per heavy atom. The average molecular weight is 262 g/mol. The smallest absolute Gasteiger partial charge is 0.317 e. The lowest BCUT2D eigenvalue weighted by atomic mass is 9.99. The van der Waals surface area contributed by atoms with E-state index in [2.05, 4.69) is 11.9 Å². The molecule has 19 heavy (non-hydrogen) atoms. The first-order valence-corrected chi connectivity index (χ1v) is 6.30. The summed E-state index contributed by atoms with van der Waals surface area (Å²) < 4.78 is 0. The molecule has 0 unspecified atom stereocenters. The minimum Gasteiger partial charge on any atom is -0.388 e. The molecule has 0 aliphatic rings. The second-order valence-electron chi connectivity index (χ2n) is 4.85. The van der Waals surface area contributed by atoms with Crippen molar-refractivity contribution < 1.29 is 9.90 Å². The summed E-state index contributed by atoms with van der Waals surface area (Å²) in [4.78, 5) is 13.0. The minimum absolute atomic E-state index is 0.164. The summed E-state index contributed by atoms with van der Waals surface area (Å²) in [5.41, 5.74) is 1.65. The second-order valence-corrected chi connectivity index (χ2v) is 4.85. The number of hydrogen-bond donors (Lipinski definition) is 2. The van der Waals surface area contributed by atoms with Crippen LogP contribution in [0.2, 0.25) is 0 Å². The van der Waals surface area contributed by atoms with E-state index in [1.54, 1.807) is 14.1 Å². The highest BCUT2D eigenvalue weighted by Crippen LogP contribution is 2.21. The van der Waals surface area contributed by atoms with E-state index in [4.69, 9.17) is 0 Å². The van der Waals surface area contributed by atoms with Crippen LogP contribution in [0.15, 0.2) is 42.5 Å². The summed E-state index contributed by atoms with van der Waals surface area (Å²) in [6.45, 7) is 5.80. The maximum Gasteiger partial charge on any atom is 0.317 e. The molecule has 1 aromatic rings. The van der Waals surface area contributed by atoms with Gasteiger partial charge >= 0.3 is 6.03 Å². The van der Waals surface area contributed by atoms with Crippen LogP contribution < -0.4 is 5.32 Å². The van der Waals surface area contributed by atoms with Gasteiger partial charge in [-0.15, -0.1) is 0 Å². The van der Waals surface area contributed by atoms with Gasteiger partial charge in [-0.1, -0.05) is 42.5 Å². The van der Waals surface area contributed by atoms with Gasteiger partial charge in [0.25, 0.3) is 0 Å². The number of urea groups is 1. The molecule has 1 aromatic carbocycles. The Bertz CT molecular complexity index is 429. The molecule has 0 bridgehead atoms. The quantitative estimate of drug-likeness (QED) is 0.800. The van der Waals surface area contributed by atoms with Gasteiger partial charge in [0, 0.05) is 26.6 Å². The van der Waals surface area contributed by atoms with E-state index >= 15 is 0 Å². The third-order valence-corrected chi connectivity index (χ3v) is 3.00. The average Bonchev–Trinajstić information content (AvgIpc) is 2.39. The SMILES string of the molecule is C=C(C[C@@H](O)c1ccccc1)[C@@H](C)NC(=O)N(C)C. The maximum atomic E-state index is 11.5. The first-order valence-electron chi connectivity index (χ1n) is 6.30. The molecule has 0 aliphatic carbocycles. The number of benzene rings is 1. The summed E-state index contributed by atoms with van der Waals surface area (Å²) in [6, 6.07) is 9.10. The standard InChI is InChI=1S/C15H22N2O2/c1-11(12(2)16-15(19)17(3)4)10-14(18)13-8-6-5-7-9-13/h5-9,12,14,18H,1,10H2,2-4H3,(H,16,19)/t12-,14-/m1/s1. The van der Waals surface area contributed by atoms with Crippen LogP contribution in [-0.2, 0) is 0 Å². The van der Waals surface area contributed by atoms with E-state index in [0.717, 1.165) is 11.1 Å². The van der Waals surface area contributed by atoms with Crippen molar-refractivity contribution in [2.75, 3.05) is 14.1 Å². The predicted molar refractivity (Wildman–Crippen MR) is 76.8 cm³/mol. The van der Waals surface area contributed by atoms with Gasteiger partial charge in [0.15, 0.2) is 0 Å². The van der Waals surface area contributed by atoms with Crippen molar-refractivity contribution in [1.29, 1.82) is 0 Å². The summed E-state index contributed by atoms with van der Waals surface area (Å²) in [6.07, 6.45) is -0.161. The number of aliphatic hydroxyl groups excluding tert-OH is 1. The van der Waals surface area contributed by atoms with Gasteiger partial charge in [-0.05, 0) is 12.5 Å². The molecular formula is C15H22N2O2. The molecule has 2 N–H and O–H groups in total. The zero-order valence-corrected chi connectivity index (χ0v) is 11.8. The Balaban J connectivity index is 2.53. The molecular weight excluding hydrogens is 240 g/mol. The first kappa shape index (κ1) is 15.2. The van der Waals surface area contributed by atoms with Gasteiger partial charge in [0.05, 0.1) is 6.10 Å². The molecule has 2 amide bonds. The number of aliphatic hydroxyl groups is 1. The Hall–Kier alpha value is -1.81. The molecule has 0 aliphatic heterocycles. The Kier molecular flexibility index (Phi) is 5.57. The molecule has 4 nitrogen and oxygen atoms in total. The monoisotopic (exact) mass is 262 g/mol. The Morgan fingerprint density at radius 3 is 2.47 bits per heavy atom. The molecule has 0 saturated carbocycles. The lowest BCUT2D eigenvalue weighted by molar-refractivity contribution is 0.175. The van der Waals surface area contributed by atoms with Gasteiger partial charge in [0.2, 0.25) is 0 Å². The largest absolute Gasteiger partial charge is 0.388 e. The highest BCUT2D eigenvalue weighted by molar-refractivity contribution is 5.74. The zero-order chi connectivity index (χ0) is 14.4. The number of carbonyl (C=O) groups excluding carboxylic acids is 1. The van der Waals surface area contributed by atoms with E-state index in [1.807, 2.05) is 37.3 Å². The van der Waals surface area contributed by atoms with Crippen LogP contribution in [0, 0.1) is 0 Å². The van der Waals surface area contributed by atoms with E-state index in [1.165, 1.54) is 4.90 Å². The molecule has 0 heterocycles. The molecule has 0 saturated heterocycles. The number of carbonyl (C=O) groups is 1. The van der Waals surface area contributed by atoms with Crippen LogP contribution in [-0.4, -0.2) is 36.2 Å². The lowest BCUT2D eigenvalue weighted by Gasteiger charge is -2.21. The lowest BCUT2D eigenvalue weighted by Crippen LogP contribution is -2.40. The fourth-order valence-electron chi connectivity index (χ4n) is 1.63. The van der Waals surface area contributed by atoms with Crippen LogP contribution in [0.3, 0.4) is 0 Å². The molecule has 0 spiro atoms. The second kappa shape index (κ2) is 6.95. The molecule has 4 heteroatoms. The van der Waals surface area contributed by atoms with E-state index < -0.39 is 6.10 Å². The molecule has 2 atom stereocenters. The van der Waals surface area contributed by atoms with Crippen molar-refractivity contribution in [3.05, 3.63) is 48.0 Å². The van der Waals surface area contributed by atoms with Gasteiger partial charge in [-0.3, -0.25) is 0 Å². The fourth-order valence-corrected chi connectivity index (χ4v) is 1.63. The van der Waals surface area contributed by atoms with Crippen LogP contribution in [0.4, 0.5) is 4.79 Å². The van der Waals surface area contributed by atoms with Crippen LogP contribution in [0.1, 0.15) is 25.0 Å². The number of amides is 2. The molecule has 1 rings (SSSR count). The normalized spacial score (nSPS) is 13.5. The summed E-state index contributed by atoms with van der Waals surface area (Å²) in [5.74, 6) is 0. The van der Waals surface area contributed by atoms with Gasteiger partial charge in [0.1, 0.15) is 0 Å². The van der Waals surface area contributed by atoms with E-state index in [9.17, 15) is 9.90 Å². The predicted octanol–water partition coefficient (Wildman–Crippen LogP) is 2.33. The molecule has 0 aromatic heterocycles.